The average molecular weight is 511 g/mol. The maximum Gasteiger partial charge on any atom is 0.416 e. The van der Waals surface area contributed by atoms with Crippen LogP contribution in [-0.2, 0) is 30.2 Å². The minimum atomic E-state index is -4.97. The summed E-state index contributed by atoms with van der Waals surface area (Å²) in [6, 6.07) is 12.2. The van der Waals surface area contributed by atoms with Crippen LogP contribution in [0.4, 0.5) is 32.2 Å². The molecule has 192 valence electrons. The summed E-state index contributed by atoms with van der Waals surface area (Å²) in [5.41, 5.74) is -1.80. The standard InChI is InChI=1S/C25H23F6N3O2/c1-36-23(35)34(14-16-10-19(24(26,27)28)13-20(11-16)25(29,30)31)15-18-12-17-6-2-3-7-21(17)32-22(18)33-8-4-5-9-33/h6-7,10-13,23,35H,4-5,8-9,14-15H2,1H3. The second kappa shape index (κ2) is 10.1. The first-order valence-corrected chi connectivity index (χ1v) is 11.2. The molecule has 0 spiro atoms. The fourth-order valence-corrected chi connectivity index (χ4v) is 4.28. The molecule has 1 atom stereocenters. The number of benzene rings is 1. The number of pyridine rings is 1. The molecule has 1 unspecified atom stereocenters. The van der Waals surface area contributed by atoms with Gasteiger partial charge in [0, 0.05) is 50.3 Å². The summed E-state index contributed by atoms with van der Waals surface area (Å²) in [6.45, 7) is 1.03. The third-order valence-electron chi connectivity index (χ3n) is 5.99. The number of fused-ring (bicyclic) bond motifs is 1. The third kappa shape index (κ3) is 5.83. The van der Waals surface area contributed by atoms with E-state index in [1.54, 1.807) is 12.1 Å². The molecule has 0 aliphatic carbocycles. The Bertz CT molecular complexity index is 1180. The predicted molar refractivity (Wildman–Crippen MR) is 120 cm³/mol. The number of alkyl halides is 6. The van der Waals surface area contributed by atoms with Gasteiger partial charge >= 0.3 is 12.4 Å². The number of aliphatic hydroxyl groups excluding tert-OH is 1. The highest BCUT2D eigenvalue weighted by Gasteiger charge is 2.37. The Morgan fingerprint density at radius 1 is 0.972 bits per heavy atom. The van der Waals surface area contributed by atoms with Crippen LogP contribution in [0.25, 0.3) is 10.9 Å². The monoisotopic (exact) mass is 511 g/mol. The summed E-state index contributed by atoms with van der Waals surface area (Å²) >= 11 is 0. The number of hydrogen-bond donors (Lipinski definition) is 1. The Labute approximate surface area is 203 Å². The van der Waals surface area contributed by atoms with Crippen molar-refractivity contribution in [3.63, 3.8) is 0 Å². The predicted octanol–water partition coefficient (Wildman–Crippen LogP) is 5.40. The number of nitrogens with zero attached hydrogens (tertiary/aromatic N) is 3. The van der Waals surface area contributed by atoms with Gasteiger partial charge in [-0.3, -0.25) is 0 Å². The van der Waals surface area contributed by atoms with Crippen LogP contribution in [0.15, 0.2) is 36.4 Å². The Morgan fingerprint density at radius 2 is 1.58 bits per heavy atom. The zero-order valence-corrected chi connectivity index (χ0v) is 19.2. The zero-order chi connectivity index (χ0) is 26.1. The molecule has 4 rings (SSSR count). The topological polar surface area (TPSA) is 48.8 Å². The maximum absolute atomic E-state index is 13.3. The van der Waals surface area contributed by atoms with E-state index in [0.717, 1.165) is 31.3 Å². The van der Waals surface area contributed by atoms with Crippen LogP contribution in [0.2, 0.25) is 0 Å². The van der Waals surface area contributed by atoms with Crippen molar-refractivity contribution in [1.29, 1.82) is 0 Å². The van der Waals surface area contributed by atoms with E-state index < -0.39 is 36.4 Å². The van der Waals surface area contributed by atoms with Crippen molar-refractivity contribution in [3.05, 3.63) is 70.8 Å². The molecule has 1 aromatic heterocycles. The summed E-state index contributed by atoms with van der Waals surface area (Å²) in [5, 5.41) is 11.2. The van der Waals surface area contributed by atoms with Gasteiger partial charge in [0.2, 0.25) is 6.41 Å². The Balaban J connectivity index is 1.73. The zero-order valence-electron chi connectivity index (χ0n) is 19.2. The highest BCUT2D eigenvalue weighted by atomic mass is 19.4. The molecule has 2 heterocycles. The van der Waals surface area contributed by atoms with Gasteiger partial charge in [-0.25, -0.2) is 9.88 Å². The number of hydrogen-bond acceptors (Lipinski definition) is 5. The third-order valence-corrected chi connectivity index (χ3v) is 5.99. The lowest BCUT2D eigenvalue weighted by atomic mass is 10.0. The van der Waals surface area contributed by atoms with Crippen LogP contribution in [-0.4, -0.2) is 41.6 Å². The van der Waals surface area contributed by atoms with Crippen molar-refractivity contribution in [2.45, 2.75) is 44.7 Å². The van der Waals surface area contributed by atoms with Gasteiger partial charge in [-0.15, -0.1) is 0 Å². The molecular weight excluding hydrogens is 488 g/mol. The van der Waals surface area contributed by atoms with Crippen LogP contribution in [0.3, 0.4) is 0 Å². The quantitative estimate of drug-likeness (QED) is 0.340. The lowest BCUT2D eigenvalue weighted by Crippen LogP contribution is -2.36. The highest BCUT2D eigenvalue weighted by molar-refractivity contribution is 5.81. The van der Waals surface area contributed by atoms with Crippen LogP contribution in [0, 0.1) is 12.1 Å². The number of methoxy groups -OCH3 is 1. The summed E-state index contributed by atoms with van der Waals surface area (Å²) < 4.78 is 85.1. The van der Waals surface area contributed by atoms with Gasteiger partial charge in [-0.2, -0.15) is 26.3 Å². The van der Waals surface area contributed by atoms with Crippen molar-refractivity contribution in [1.82, 2.24) is 9.88 Å². The number of halogens is 6. The van der Waals surface area contributed by atoms with E-state index in [-0.39, 0.29) is 18.2 Å². The summed E-state index contributed by atoms with van der Waals surface area (Å²) in [4.78, 5) is 8.03. The normalized spacial score (nSPS) is 15.5. The number of ether oxygens (including phenoxy) is 1. The van der Waals surface area contributed by atoms with Gasteiger partial charge in [0.15, 0.2) is 0 Å². The number of aromatic nitrogens is 1. The van der Waals surface area contributed by atoms with Crippen LogP contribution < -0.4 is 4.90 Å². The van der Waals surface area contributed by atoms with Gasteiger partial charge in [0.1, 0.15) is 5.82 Å². The molecule has 1 saturated heterocycles. The van der Waals surface area contributed by atoms with Gasteiger partial charge in [-0.1, -0.05) is 12.1 Å². The molecule has 1 aliphatic rings. The van der Waals surface area contributed by atoms with E-state index in [2.05, 4.69) is 17.0 Å². The van der Waals surface area contributed by atoms with Gasteiger partial charge in [0.25, 0.3) is 0 Å². The van der Waals surface area contributed by atoms with Gasteiger partial charge < -0.3 is 14.7 Å². The van der Waals surface area contributed by atoms with E-state index in [4.69, 9.17) is 9.72 Å². The van der Waals surface area contributed by atoms with E-state index >= 15 is 0 Å². The lowest BCUT2D eigenvalue weighted by Gasteiger charge is -2.29. The van der Waals surface area contributed by atoms with E-state index in [1.807, 2.05) is 6.07 Å². The largest absolute Gasteiger partial charge is 0.416 e. The molecule has 1 fully saturated rings. The molecule has 0 bridgehead atoms. The summed E-state index contributed by atoms with van der Waals surface area (Å²) in [5.74, 6) is 0.632. The van der Waals surface area contributed by atoms with Gasteiger partial charge in [0.05, 0.1) is 16.6 Å². The molecule has 3 aromatic rings. The SMILES string of the molecule is COC(O)N(Cc1cc(C(F)(F)F)cc(C(F)(F)F)c1)Cc1cc2cc#ccc2nc1N1CCCC1. The lowest BCUT2D eigenvalue weighted by molar-refractivity contribution is -0.184. The molecule has 0 saturated carbocycles. The first kappa shape index (κ1) is 26.0. The van der Waals surface area contributed by atoms with Crippen molar-refractivity contribution in [3.8, 4) is 0 Å². The average Bonchev–Trinajstić information content (AvgIpc) is 3.36. The minimum Gasteiger partial charge on any atom is -0.356 e. The van der Waals surface area contributed by atoms with Crippen molar-refractivity contribution in [2.24, 2.45) is 0 Å². The van der Waals surface area contributed by atoms with Gasteiger partial charge in [-0.05, 0) is 48.7 Å². The molecule has 36 heavy (non-hydrogen) atoms. The van der Waals surface area contributed by atoms with Crippen molar-refractivity contribution in [2.75, 3.05) is 25.1 Å². The fraction of sp³-hybridized carbons (Fsp3) is 0.400. The fourth-order valence-electron chi connectivity index (χ4n) is 4.28. The minimum absolute atomic E-state index is 0.0417. The number of rotatable bonds is 7. The maximum atomic E-state index is 13.3. The molecule has 0 radical (unpaired) electrons. The Morgan fingerprint density at radius 3 is 2.17 bits per heavy atom. The smallest absolute Gasteiger partial charge is 0.356 e. The molecule has 0 amide bonds. The van der Waals surface area contributed by atoms with E-state index in [1.165, 1.54) is 12.0 Å². The molecule has 1 aliphatic heterocycles. The van der Waals surface area contributed by atoms with E-state index in [9.17, 15) is 31.4 Å². The molecule has 11 heteroatoms. The first-order chi connectivity index (χ1) is 17.0. The highest BCUT2D eigenvalue weighted by Crippen LogP contribution is 2.37. The van der Waals surface area contributed by atoms with Crippen LogP contribution >= 0.6 is 0 Å². The Kier molecular flexibility index (Phi) is 7.31. The second-order valence-corrected chi connectivity index (χ2v) is 8.60. The van der Waals surface area contributed by atoms with Crippen molar-refractivity contribution >= 4 is 16.7 Å². The van der Waals surface area contributed by atoms with E-state index in [0.29, 0.717) is 29.0 Å². The molecular formula is C25H23F6N3O2. The van der Waals surface area contributed by atoms with Crippen LogP contribution in [0.5, 0.6) is 0 Å². The summed E-state index contributed by atoms with van der Waals surface area (Å²) in [6.07, 6.45) is -9.61. The van der Waals surface area contributed by atoms with Crippen LogP contribution in [0.1, 0.15) is 35.1 Å². The first-order valence-electron chi connectivity index (χ1n) is 11.2. The Hall–Kier alpha value is -3.07. The number of aliphatic hydroxyl groups is 1. The molecule has 1 N–H and O–H groups in total. The molecule has 5 nitrogen and oxygen atoms in total. The summed E-state index contributed by atoms with van der Waals surface area (Å²) in [7, 11) is 1.19. The number of anilines is 1. The molecule has 2 aromatic carbocycles. The second-order valence-electron chi connectivity index (χ2n) is 8.60. The van der Waals surface area contributed by atoms with Crippen molar-refractivity contribution < 1.29 is 36.2 Å².